The number of aryl methyl sites for hydroxylation is 3. The highest BCUT2D eigenvalue weighted by molar-refractivity contribution is 7.21. The van der Waals surface area contributed by atoms with Crippen LogP contribution in [0.2, 0.25) is 0 Å². The summed E-state index contributed by atoms with van der Waals surface area (Å²) in [6, 6.07) is 12.2. The van der Waals surface area contributed by atoms with Crippen LogP contribution in [0, 0.1) is 30.9 Å². The molecule has 0 aliphatic carbocycles. The molecule has 0 saturated heterocycles. The molecular formula is C22H17N5O3S2. The van der Waals surface area contributed by atoms with Gasteiger partial charge in [0.2, 0.25) is 5.13 Å². The van der Waals surface area contributed by atoms with E-state index in [2.05, 4.69) is 29.5 Å². The fourth-order valence-electron chi connectivity index (χ4n) is 3.62. The van der Waals surface area contributed by atoms with Crippen LogP contribution in [0.5, 0.6) is 0 Å². The number of nitrogens with one attached hydrogen (secondary N) is 1. The van der Waals surface area contributed by atoms with Crippen molar-refractivity contribution < 1.29 is 9.72 Å². The van der Waals surface area contributed by atoms with E-state index >= 15 is 0 Å². The minimum absolute atomic E-state index is 0.00248. The van der Waals surface area contributed by atoms with Gasteiger partial charge >= 0.3 is 0 Å². The van der Waals surface area contributed by atoms with E-state index in [4.69, 9.17) is 4.98 Å². The second kappa shape index (κ2) is 7.50. The number of benzene rings is 2. The number of amides is 1. The monoisotopic (exact) mass is 463 g/mol. The number of anilines is 1. The molecule has 0 unspecified atom stereocenters. The number of nitro benzene ring substituents is 1. The molecule has 0 bridgehead atoms. The second-order valence-electron chi connectivity index (χ2n) is 7.55. The van der Waals surface area contributed by atoms with Gasteiger partial charge in [-0.05, 0) is 50.1 Å². The highest BCUT2D eigenvalue weighted by atomic mass is 32.1. The summed E-state index contributed by atoms with van der Waals surface area (Å²) in [5.74, 6) is 0.215. The van der Waals surface area contributed by atoms with E-state index in [0.29, 0.717) is 21.2 Å². The van der Waals surface area contributed by atoms with Crippen LogP contribution in [-0.2, 0) is 0 Å². The summed E-state index contributed by atoms with van der Waals surface area (Å²) in [6.45, 7) is 5.93. The summed E-state index contributed by atoms with van der Waals surface area (Å²) in [4.78, 5) is 28.8. The molecule has 0 radical (unpaired) electrons. The van der Waals surface area contributed by atoms with Crippen LogP contribution in [0.4, 0.5) is 11.5 Å². The topological polar surface area (TPSA) is 103 Å². The molecule has 0 spiro atoms. The molecule has 0 atom stereocenters. The number of fused-ring (bicyclic) bond motifs is 2. The maximum Gasteiger partial charge on any atom is 0.270 e. The van der Waals surface area contributed by atoms with E-state index < -0.39 is 4.92 Å². The molecule has 3 heterocycles. The third-order valence-electron chi connectivity index (χ3n) is 5.01. The minimum atomic E-state index is -0.445. The van der Waals surface area contributed by atoms with Gasteiger partial charge in [0.1, 0.15) is 5.82 Å². The third-order valence-corrected chi connectivity index (χ3v) is 7.10. The number of thiazole rings is 1. The van der Waals surface area contributed by atoms with Crippen molar-refractivity contribution in [3.63, 3.8) is 0 Å². The van der Waals surface area contributed by atoms with Crippen LogP contribution in [0.3, 0.4) is 0 Å². The lowest BCUT2D eigenvalue weighted by Gasteiger charge is -2.05. The highest BCUT2D eigenvalue weighted by Gasteiger charge is 2.18. The molecule has 3 aromatic heterocycles. The predicted octanol–water partition coefficient (Wildman–Crippen LogP) is 5.78. The summed E-state index contributed by atoms with van der Waals surface area (Å²) < 4.78 is 3.52. The van der Waals surface area contributed by atoms with Crippen LogP contribution in [0.15, 0.2) is 42.5 Å². The molecule has 5 aromatic rings. The number of thiophene rings is 1. The number of carbonyl (C=O) groups is 1. The average molecular weight is 464 g/mol. The van der Waals surface area contributed by atoms with Crippen molar-refractivity contribution in [2.45, 2.75) is 20.8 Å². The van der Waals surface area contributed by atoms with Crippen molar-refractivity contribution >= 4 is 60.4 Å². The quantitative estimate of drug-likeness (QED) is 0.269. The Morgan fingerprint density at radius 2 is 1.88 bits per heavy atom. The first-order valence-corrected chi connectivity index (χ1v) is 11.4. The number of nitrogens with zero attached hydrogens (tertiary/aromatic N) is 4. The number of aromatic nitrogens is 3. The first-order chi connectivity index (χ1) is 15.3. The normalized spacial score (nSPS) is 11.3. The molecule has 0 saturated carbocycles. The van der Waals surface area contributed by atoms with Crippen LogP contribution in [-0.4, -0.2) is 25.6 Å². The lowest BCUT2D eigenvalue weighted by Crippen LogP contribution is -2.13. The van der Waals surface area contributed by atoms with Gasteiger partial charge in [0.15, 0.2) is 0 Å². The fraction of sp³-hybridized carbons (Fsp3) is 0.136. The van der Waals surface area contributed by atoms with Crippen molar-refractivity contribution in [3.8, 4) is 5.13 Å². The molecule has 10 heteroatoms. The number of hydrogen-bond acceptors (Lipinski definition) is 7. The largest absolute Gasteiger partial charge is 0.306 e. The van der Waals surface area contributed by atoms with Crippen molar-refractivity contribution in [2.24, 2.45) is 0 Å². The van der Waals surface area contributed by atoms with Crippen molar-refractivity contribution in [2.75, 3.05) is 5.32 Å². The van der Waals surface area contributed by atoms with E-state index in [1.54, 1.807) is 22.9 Å². The van der Waals surface area contributed by atoms with Gasteiger partial charge in [-0.2, -0.15) is 9.78 Å². The standard InChI is InChI=1S/C22H17N5O3S2/c1-11-6-12(2)20-17(7-11)32-22(24-20)26-19(8-13(3)25-26)23-21(28)18-10-14-9-15(27(29)30)4-5-16(14)31-18/h4-10H,1-3H3,(H,23,28). The van der Waals surface area contributed by atoms with E-state index in [-0.39, 0.29) is 11.6 Å². The Hall–Kier alpha value is -3.63. The predicted molar refractivity (Wildman–Crippen MR) is 127 cm³/mol. The maximum absolute atomic E-state index is 13.0. The van der Waals surface area contributed by atoms with Gasteiger partial charge in [0, 0.05) is 28.3 Å². The Morgan fingerprint density at radius 3 is 2.66 bits per heavy atom. The molecule has 0 aliphatic rings. The zero-order valence-corrected chi connectivity index (χ0v) is 19.0. The summed E-state index contributed by atoms with van der Waals surface area (Å²) >= 11 is 2.80. The van der Waals surface area contributed by atoms with E-state index in [1.165, 1.54) is 40.4 Å². The molecular weight excluding hydrogens is 446 g/mol. The molecule has 160 valence electrons. The number of carbonyl (C=O) groups excluding carboxylic acids is 1. The molecule has 8 nitrogen and oxygen atoms in total. The van der Waals surface area contributed by atoms with Gasteiger partial charge in [-0.3, -0.25) is 14.9 Å². The molecule has 0 aliphatic heterocycles. The van der Waals surface area contributed by atoms with Gasteiger partial charge in [0.25, 0.3) is 11.6 Å². The van der Waals surface area contributed by atoms with Gasteiger partial charge in [-0.15, -0.1) is 11.3 Å². The molecule has 32 heavy (non-hydrogen) atoms. The van der Waals surface area contributed by atoms with E-state index in [0.717, 1.165) is 26.2 Å². The summed E-state index contributed by atoms with van der Waals surface area (Å²) in [7, 11) is 0. The lowest BCUT2D eigenvalue weighted by molar-refractivity contribution is -0.384. The van der Waals surface area contributed by atoms with Crippen molar-refractivity contribution in [1.82, 2.24) is 14.8 Å². The lowest BCUT2D eigenvalue weighted by atomic mass is 10.1. The Kier molecular flexibility index (Phi) is 4.75. The Bertz CT molecular complexity index is 1550. The summed E-state index contributed by atoms with van der Waals surface area (Å²) in [6.07, 6.45) is 0. The first-order valence-electron chi connectivity index (χ1n) is 9.72. The van der Waals surface area contributed by atoms with Gasteiger partial charge in [-0.25, -0.2) is 4.98 Å². The number of nitro groups is 1. The SMILES string of the molecule is Cc1cc(C)c2nc(-n3nc(C)cc3NC(=O)c3cc4cc([N+](=O)[O-])ccc4s3)sc2c1. The molecule has 2 aromatic carbocycles. The third kappa shape index (κ3) is 3.53. The Morgan fingerprint density at radius 1 is 1.06 bits per heavy atom. The minimum Gasteiger partial charge on any atom is -0.306 e. The first kappa shape index (κ1) is 20.3. The summed E-state index contributed by atoms with van der Waals surface area (Å²) in [5.41, 5.74) is 3.93. The average Bonchev–Trinajstić information content (AvgIpc) is 3.43. The van der Waals surface area contributed by atoms with Gasteiger partial charge in [-0.1, -0.05) is 17.4 Å². The Balaban J connectivity index is 1.49. The zero-order chi connectivity index (χ0) is 22.6. The maximum atomic E-state index is 13.0. The molecule has 5 rings (SSSR count). The molecule has 1 N–H and O–H groups in total. The fourth-order valence-corrected chi connectivity index (χ4v) is 5.66. The highest BCUT2D eigenvalue weighted by Crippen LogP contribution is 2.32. The molecule has 0 fully saturated rings. The van der Waals surface area contributed by atoms with E-state index in [1.807, 2.05) is 13.8 Å². The smallest absolute Gasteiger partial charge is 0.270 e. The van der Waals surface area contributed by atoms with Crippen molar-refractivity contribution in [3.05, 3.63) is 74.3 Å². The van der Waals surface area contributed by atoms with Gasteiger partial charge in [0.05, 0.1) is 25.7 Å². The second-order valence-corrected chi connectivity index (χ2v) is 9.64. The number of hydrogen-bond donors (Lipinski definition) is 1. The number of non-ortho nitro benzene ring substituents is 1. The zero-order valence-electron chi connectivity index (χ0n) is 17.4. The van der Waals surface area contributed by atoms with Gasteiger partial charge < -0.3 is 5.32 Å². The van der Waals surface area contributed by atoms with Crippen molar-refractivity contribution in [1.29, 1.82) is 0 Å². The Labute approximate surface area is 190 Å². The van der Waals surface area contributed by atoms with Crippen LogP contribution in [0.1, 0.15) is 26.5 Å². The number of rotatable bonds is 4. The van der Waals surface area contributed by atoms with Crippen LogP contribution < -0.4 is 5.32 Å². The van der Waals surface area contributed by atoms with E-state index in [9.17, 15) is 14.9 Å². The van der Waals surface area contributed by atoms with Crippen LogP contribution in [0.25, 0.3) is 25.4 Å². The van der Waals surface area contributed by atoms with Crippen LogP contribution >= 0.6 is 22.7 Å². The molecule has 1 amide bonds. The summed E-state index contributed by atoms with van der Waals surface area (Å²) in [5, 5.41) is 19.8.